The van der Waals surface area contributed by atoms with Crippen molar-refractivity contribution in [2.75, 3.05) is 5.32 Å². The van der Waals surface area contributed by atoms with Crippen LogP contribution in [0.25, 0.3) is 0 Å². The van der Waals surface area contributed by atoms with Crippen molar-refractivity contribution >= 4 is 11.7 Å². The quantitative estimate of drug-likeness (QED) is 0.741. The first-order valence-corrected chi connectivity index (χ1v) is 4.01. The van der Waals surface area contributed by atoms with Crippen LogP contribution in [-0.4, -0.2) is 16.6 Å². The van der Waals surface area contributed by atoms with Gasteiger partial charge in [-0.1, -0.05) is 18.2 Å². The lowest BCUT2D eigenvalue weighted by atomic mass is 10.1. The summed E-state index contributed by atoms with van der Waals surface area (Å²) < 4.78 is 0. The molecular weight excluding hydrogens is 166 g/mol. The molecule has 0 saturated heterocycles. The number of carboxylic acid groups (broad SMARTS) is 1. The molecule has 0 fully saturated rings. The van der Waals surface area contributed by atoms with Crippen molar-refractivity contribution in [3.8, 4) is 0 Å². The molecule has 0 atom stereocenters. The molecule has 0 saturated carbocycles. The van der Waals surface area contributed by atoms with Crippen molar-refractivity contribution in [1.29, 1.82) is 0 Å². The number of benzene rings is 1. The largest absolute Gasteiger partial charge is 0.480 e. The average Bonchev–Trinajstić information content (AvgIpc) is 2.05. The maximum absolute atomic E-state index is 10.7. The summed E-state index contributed by atoms with van der Waals surface area (Å²) >= 11 is 0. The third kappa shape index (κ3) is 2.47. The molecule has 3 nitrogen and oxygen atoms in total. The van der Waals surface area contributed by atoms with Crippen molar-refractivity contribution in [2.45, 2.75) is 19.4 Å². The Morgan fingerprint density at radius 1 is 1.54 bits per heavy atom. The first kappa shape index (κ1) is 9.58. The van der Waals surface area contributed by atoms with Crippen LogP contribution in [0.1, 0.15) is 13.8 Å². The lowest BCUT2D eigenvalue weighted by Crippen LogP contribution is -2.39. The number of hydrogen-bond donors (Lipinski definition) is 2. The predicted octanol–water partition coefficient (Wildman–Crippen LogP) is 1.76. The van der Waals surface area contributed by atoms with Gasteiger partial charge in [0.2, 0.25) is 0 Å². The summed E-state index contributed by atoms with van der Waals surface area (Å²) in [6.07, 6.45) is 0. The summed E-state index contributed by atoms with van der Waals surface area (Å²) in [7, 11) is 0. The van der Waals surface area contributed by atoms with E-state index in [1.54, 1.807) is 26.0 Å². The van der Waals surface area contributed by atoms with Gasteiger partial charge < -0.3 is 10.4 Å². The molecule has 0 aromatic heterocycles. The van der Waals surface area contributed by atoms with Gasteiger partial charge in [0.05, 0.1) is 0 Å². The van der Waals surface area contributed by atoms with E-state index >= 15 is 0 Å². The van der Waals surface area contributed by atoms with Gasteiger partial charge in [-0.3, -0.25) is 0 Å². The standard InChI is InChI=1S/C10H12NO2/c1-10(2,9(12)13)11-8-6-4-3-5-7-8/h3-6,11H,1-2H3,(H,12,13). The molecular formula is C10H12NO2. The topological polar surface area (TPSA) is 49.3 Å². The van der Waals surface area contributed by atoms with Crippen LogP contribution in [0.15, 0.2) is 24.3 Å². The average molecular weight is 178 g/mol. The molecule has 0 aliphatic rings. The molecule has 3 heteroatoms. The molecule has 0 unspecified atom stereocenters. The fraction of sp³-hybridized carbons (Fsp3) is 0.300. The number of para-hydroxylation sites is 1. The maximum atomic E-state index is 10.7. The highest BCUT2D eigenvalue weighted by molar-refractivity contribution is 5.81. The normalized spacial score (nSPS) is 10.9. The van der Waals surface area contributed by atoms with Gasteiger partial charge in [-0.05, 0) is 19.9 Å². The molecule has 0 amide bonds. The maximum Gasteiger partial charge on any atom is 0.328 e. The van der Waals surface area contributed by atoms with E-state index in [1.165, 1.54) is 0 Å². The summed E-state index contributed by atoms with van der Waals surface area (Å²) in [5.74, 6) is -0.884. The Bertz CT molecular complexity index is 293. The minimum Gasteiger partial charge on any atom is -0.480 e. The van der Waals surface area contributed by atoms with Gasteiger partial charge in [-0.2, -0.15) is 0 Å². The second-order valence-electron chi connectivity index (χ2n) is 3.33. The van der Waals surface area contributed by atoms with Crippen molar-refractivity contribution in [1.82, 2.24) is 0 Å². The van der Waals surface area contributed by atoms with Crippen molar-refractivity contribution < 1.29 is 9.90 Å². The zero-order chi connectivity index (χ0) is 9.90. The molecule has 1 aromatic rings. The number of rotatable bonds is 3. The Morgan fingerprint density at radius 3 is 2.69 bits per heavy atom. The fourth-order valence-electron chi connectivity index (χ4n) is 0.861. The van der Waals surface area contributed by atoms with E-state index in [2.05, 4.69) is 11.4 Å². The molecule has 0 bridgehead atoms. The predicted molar refractivity (Wildman–Crippen MR) is 50.6 cm³/mol. The van der Waals surface area contributed by atoms with Crippen molar-refractivity contribution in [3.05, 3.63) is 30.3 Å². The van der Waals surface area contributed by atoms with Gasteiger partial charge in [0.1, 0.15) is 5.54 Å². The smallest absolute Gasteiger partial charge is 0.328 e. The van der Waals surface area contributed by atoms with E-state index in [4.69, 9.17) is 5.11 Å². The van der Waals surface area contributed by atoms with E-state index in [-0.39, 0.29) is 0 Å². The minimum absolute atomic E-state index is 0.690. The highest BCUT2D eigenvalue weighted by Crippen LogP contribution is 2.13. The summed E-state index contributed by atoms with van der Waals surface area (Å²) in [6.45, 7) is 3.21. The zero-order valence-electron chi connectivity index (χ0n) is 7.66. The highest BCUT2D eigenvalue weighted by atomic mass is 16.4. The second-order valence-corrected chi connectivity index (χ2v) is 3.33. The van der Waals surface area contributed by atoms with Gasteiger partial charge >= 0.3 is 5.97 Å². The number of aliphatic carboxylic acids is 1. The summed E-state index contributed by atoms with van der Waals surface area (Å²) in [6, 6.07) is 10.1. The van der Waals surface area contributed by atoms with E-state index in [0.717, 1.165) is 0 Å². The molecule has 2 N–H and O–H groups in total. The number of hydrogen-bond acceptors (Lipinski definition) is 2. The van der Waals surface area contributed by atoms with E-state index in [9.17, 15) is 4.79 Å². The molecule has 0 aliphatic carbocycles. The van der Waals surface area contributed by atoms with Crippen LogP contribution in [0.2, 0.25) is 0 Å². The summed E-state index contributed by atoms with van der Waals surface area (Å²) in [5.41, 5.74) is -0.271. The summed E-state index contributed by atoms with van der Waals surface area (Å²) in [4.78, 5) is 10.7. The highest BCUT2D eigenvalue weighted by Gasteiger charge is 2.26. The molecule has 0 aliphatic heterocycles. The van der Waals surface area contributed by atoms with E-state index in [0.29, 0.717) is 5.69 Å². The number of nitrogens with one attached hydrogen (secondary N) is 1. The lowest BCUT2D eigenvalue weighted by molar-refractivity contribution is -0.141. The molecule has 1 aromatic carbocycles. The Balaban J connectivity index is 2.75. The Hall–Kier alpha value is -1.51. The third-order valence-electron chi connectivity index (χ3n) is 1.69. The van der Waals surface area contributed by atoms with Crippen LogP contribution in [0.4, 0.5) is 5.69 Å². The van der Waals surface area contributed by atoms with Crippen LogP contribution >= 0.6 is 0 Å². The van der Waals surface area contributed by atoms with Gasteiger partial charge in [-0.15, -0.1) is 0 Å². The first-order chi connectivity index (χ1) is 6.02. The molecule has 1 rings (SSSR count). The molecule has 0 spiro atoms. The monoisotopic (exact) mass is 178 g/mol. The number of carbonyl (C=O) groups is 1. The van der Waals surface area contributed by atoms with Crippen molar-refractivity contribution in [3.63, 3.8) is 0 Å². The van der Waals surface area contributed by atoms with Gasteiger partial charge in [0.25, 0.3) is 0 Å². The lowest BCUT2D eigenvalue weighted by Gasteiger charge is -2.21. The van der Waals surface area contributed by atoms with Gasteiger partial charge in [0, 0.05) is 11.8 Å². The van der Waals surface area contributed by atoms with Crippen LogP contribution in [-0.2, 0) is 4.79 Å². The molecule has 13 heavy (non-hydrogen) atoms. The van der Waals surface area contributed by atoms with Crippen LogP contribution in [0.5, 0.6) is 0 Å². The minimum atomic E-state index is -0.960. The zero-order valence-corrected chi connectivity index (χ0v) is 7.66. The van der Waals surface area contributed by atoms with Crippen LogP contribution < -0.4 is 5.32 Å². The molecule has 0 heterocycles. The fourth-order valence-corrected chi connectivity index (χ4v) is 0.861. The Labute approximate surface area is 77.4 Å². The van der Waals surface area contributed by atoms with Crippen molar-refractivity contribution in [2.24, 2.45) is 0 Å². The first-order valence-electron chi connectivity index (χ1n) is 4.01. The van der Waals surface area contributed by atoms with Crippen LogP contribution in [0, 0.1) is 6.07 Å². The third-order valence-corrected chi connectivity index (χ3v) is 1.69. The van der Waals surface area contributed by atoms with Crippen LogP contribution in [0.3, 0.4) is 0 Å². The second kappa shape index (κ2) is 3.47. The molecule has 1 radical (unpaired) electrons. The number of carboxylic acids is 1. The number of anilines is 1. The van der Waals surface area contributed by atoms with Gasteiger partial charge in [0.15, 0.2) is 0 Å². The molecule has 69 valence electrons. The SMILES string of the molecule is CC(C)(Nc1[c]cccc1)C(=O)O. The Kier molecular flexibility index (Phi) is 2.56. The van der Waals surface area contributed by atoms with Gasteiger partial charge in [-0.25, -0.2) is 4.79 Å². The summed E-state index contributed by atoms with van der Waals surface area (Å²) in [5, 5.41) is 11.7. The Morgan fingerprint density at radius 2 is 2.23 bits per heavy atom. The van der Waals surface area contributed by atoms with E-state index in [1.807, 2.05) is 12.1 Å². The van der Waals surface area contributed by atoms with E-state index < -0.39 is 11.5 Å².